The van der Waals surface area contributed by atoms with E-state index in [2.05, 4.69) is 26.1 Å². The lowest BCUT2D eigenvalue weighted by Gasteiger charge is -2.41. The molecule has 1 N–H and O–H groups in total. The molecule has 2 rings (SSSR count). The van der Waals surface area contributed by atoms with Gasteiger partial charge in [0.05, 0.1) is 7.11 Å². The monoisotopic (exact) mass is 299 g/mol. The zero-order chi connectivity index (χ0) is 14.0. The van der Waals surface area contributed by atoms with Crippen molar-refractivity contribution < 1.29 is 4.74 Å². The van der Waals surface area contributed by atoms with Crippen LogP contribution in [0.4, 0.5) is 0 Å². The van der Waals surface area contributed by atoms with Crippen LogP contribution in [0.1, 0.15) is 44.4 Å². The third-order valence-electron chi connectivity index (χ3n) is 3.65. The Morgan fingerprint density at radius 2 is 2.21 bits per heavy atom. The molecule has 1 aromatic rings. The summed E-state index contributed by atoms with van der Waals surface area (Å²) in [5.41, 5.74) is 2.46. The molecular weight excluding hydrogens is 278 g/mol. The van der Waals surface area contributed by atoms with Crippen LogP contribution in [-0.2, 0) is 5.75 Å². The van der Waals surface area contributed by atoms with Gasteiger partial charge in [-0.05, 0) is 44.5 Å². The minimum atomic E-state index is 0.137. The van der Waals surface area contributed by atoms with Gasteiger partial charge in [-0.15, -0.1) is 11.8 Å². The molecule has 0 radical (unpaired) electrons. The predicted octanol–water partition coefficient (Wildman–Crippen LogP) is 4.41. The first-order valence-electron chi connectivity index (χ1n) is 6.74. The number of thioether (sulfide) groups is 1. The molecule has 4 heteroatoms. The maximum atomic E-state index is 6.47. The molecule has 1 aliphatic heterocycles. The first-order valence-corrected chi connectivity index (χ1v) is 8.10. The van der Waals surface area contributed by atoms with Crippen LogP contribution in [0.15, 0.2) is 12.1 Å². The first kappa shape index (κ1) is 15.0. The van der Waals surface area contributed by atoms with Gasteiger partial charge in [0.1, 0.15) is 5.75 Å². The van der Waals surface area contributed by atoms with Crippen molar-refractivity contribution in [3.8, 4) is 5.75 Å². The van der Waals surface area contributed by atoms with Gasteiger partial charge in [0.15, 0.2) is 0 Å². The van der Waals surface area contributed by atoms with Crippen molar-refractivity contribution in [2.24, 2.45) is 0 Å². The van der Waals surface area contributed by atoms with Crippen LogP contribution in [0.5, 0.6) is 5.75 Å². The highest BCUT2D eigenvalue weighted by Crippen LogP contribution is 2.50. The predicted molar refractivity (Wildman–Crippen MR) is 84.4 cm³/mol. The fraction of sp³-hybridized carbons (Fsp3) is 0.600. The Morgan fingerprint density at radius 3 is 2.84 bits per heavy atom. The van der Waals surface area contributed by atoms with Crippen molar-refractivity contribution in [1.82, 2.24) is 5.32 Å². The van der Waals surface area contributed by atoms with Crippen molar-refractivity contribution >= 4 is 23.4 Å². The Morgan fingerprint density at radius 1 is 1.47 bits per heavy atom. The molecule has 1 atom stereocenters. The summed E-state index contributed by atoms with van der Waals surface area (Å²) in [5.74, 6) is 1.90. The van der Waals surface area contributed by atoms with E-state index in [4.69, 9.17) is 16.3 Å². The maximum Gasteiger partial charge on any atom is 0.123 e. The molecule has 0 amide bonds. The van der Waals surface area contributed by atoms with Crippen LogP contribution in [-0.4, -0.2) is 18.4 Å². The highest BCUT2D eigenvalue weighted by Gasteiger charge is 2.38. The summed E-state index contributed by atoms with van der Waals surface area (Å²) in [4.78, 5) is 0. The number of nitrogens with one attached hydrogen (secondary N) is 1. The SMILES string of the molecule is CCCNC1c2c(Cl)ccc(OC)c2CSC1(C)C. The molecule has 19 heavy (non-hydrogen) atoms. The van der Waals surface area contributed by atoms with E-state index < -0.39 is 0 Å². The van der Waals surface area contributed by atoms with Gasteiger partial charge in [-0.25, -0.2) is 0 Å². The second kappa shape index (κ2) is 5.94. The number of ether oxygens (including phenoxy) is 1. The number of hydrogen-bond acceptors (Lipinski definition) is 3. The van der Waals surface area contributed by atoms with E-state index in [1.807, 2.05) is 23.9 Å². The summed E-state index contributed by atoms with van der Waals surface area (Å²) in [6, 6.07) is 4.19. The largest absolute Gasteiger partial charge is 0.496 e. The molecule has 1 aliphatic rings. The molecule has 0 spiro atoms. The maximum absolute atomic E-state index is 6.47. The standard InChI is InChI=1S/C15H22ClNOS/c1-5-8-17-14-13-10(9-19-15(14,2)3)12(18-4)7-6-11(13)16/h6-7,14,17H,5,8-9H2,1-4H3. The van der Waals surface area contributed by atoms with Gasteiger partial charge >= 0.3 is 0 Å². The minimum Gasteiger partial charge on any atom is -0.496 e. The van der Waals surface area contributed by atoms with E-state index in [0.717, 1.165) is 29.5 Å². The number of hydrogen-bond donors (Lipinski definition) is 1. The highest BCUT2D eigenvalue weighted by atomic mass is 35.5. The van der Waals surface area contributed by atoms with Gasteiger partial charge in [-0.2, -0.15) is 0 Å². The quantitative estimate of drug-likeness (QED) is 0.889. The third kappa shape index (κ3) is 2.88. The molecule has 0 aromatic heterocycles. The fourth-order valence-corrected chi connectivity index (χ4v) is 4.06. The van der Waals surface area contributed by atoms with E-state index in [1.165, 1.54) is 11.1 Å². The Kier molecular flexibility index (Phi) is 4.70. The molecule has 106 valence electrons. The van der Waals surface area contributed by atoms with Crippen LogP contribution >= 0.6 is 23.4 Å². The Labute approximate surface area is 125 Å². The number of benzene rings is 1. The van der Waals surface area contributed by atoms with Gasteiger partial charge in [0.2, 0.25) is 0 Å². The van der Waals surface area contributed by atoms with Gasteiger partial charge in [-0.1, -0.05) is 18.5 Å². The van der Waals surface area contributed by atoms with Crippen molar-refractivity contribution in [3.05, 3.63) is 28.3 Å². The molecule has 0 saturated carbocycles. The zero-order valence-electron chi connectivity index (χ0n) is 12.0. The van der Waals surface area contributed by atoms with Crippen LogP contribution in [0.3, 0.4) is 0 Å². The Balaban J connectivity index is 2.48. The summed E-state index contributed by atoms with van der Waals surface area (Å²) < 4.78 is 5.63. The van der Waals surface area contributed by atoms with Crippen LogP contribution in [0.2, 0.25) is 5.02 Å². The average molecular weight is 300 g/mol. The van der Waals surface area contributed by atoms with Gasteiger partial charge in [0.25, 0.3) is 0 Å². The van der Waals surface area contributed by atoms with Crippen LogP contribution in [0.25, 0.3) is 0 Å². The number of rotatable bonds is 4. The van der Waals surface area contributed by atoms with Crippen molar-refractivity contribution in [3.63, 3.8) is 0 Å². The Bertz CT molecular complexity index is 462. The van der Waals surface area contributed by atoms with E-state index in [0.29, 0.717) is 0 Å². The van der Waals surface area contributed by atoms with Crippen molar-refractivity contribution in [2.45, 2.75) is 43.7 Å². The van der Waals surface area contributed by atoms with E-state index in [9.17, 15) is 0 Å². The Hall–Kier alpha value is -0.380. The van der Waals surface area contributed by atoms with Gasteiger partial charge in [-0.3, -0.25) is 0 Å². The highest BCUT2D eigenvalue weighted by molar-refractivity contribution is 8.00. The minimum absolute atomic E-state index is 0.137. The van der Waals surface area contributed by atoms with Crippen LogP contribution < -0.4 is 10.1 Å². The molecule has 1 heterocycles. The molecule has 0 saturated heterocycles. The summed E-state index contributed by atoms with van der Waals surface area (Å²) in [6.07, 6.45) is 1.12. The van der Waals surface area contributed by atoms with Crippen molar-refractivity contribution in [2.75, 3.05) is 13.7 Å². The molecule has 0 bridgehead atoms. The first-order chi connectivity index (χ1) is 9.01. The van der Waals surface area contributed by atoms with E-state index >= 15 is 0 Å². The number of fused-ring (bicyclic) bond motifs is 1. The van der Waals surface area contributed by atoms with Crippen LogP contribution in [0, 0.1) is 0 Å². The summed E-state index contributed by atoms with van der Waals surface area (Å²) in [7, 11) is 1.72. The fourth-order valence-electron chi connectivity index (χ4n) is 2.59. The molecule has 0 fully saturated rings. The second-order valence-corrected chi connectivity index (χ2v) is 7.46. The summed E-state index contributed by atoms with van der Waals surface area (Å²) >= 11 is 8.43. The molecular formula is C15H22ClNOS. The van der Waals surface area contributed by atoms with Crippen molar-refractivity contribution in [1.29, 1.82) is 0 Å². The lowest BCUT2D eigenvalue weighted by molar-refractivity contribution is 0.401. The smallest absolute Gasteiger partial charge is 0.123 e. The number of halogens is 1. The average Bonchev–Trinajstić information content (AvgIpc) is 2.38. The van der Waals surface area contributed by atoms with E-state index in [-0.39, 0.29) is 10.8 Å². The van der Waals surface area contributed by atoms with E-state index in [1.54, 1.807) is 7.11 Å². The summed E-state index contributed by atoms with van der Waals surface area (Å²) in [6.45, 7) is 7.75. The molecule has 0 aliphatic carbocycles. The topological polar surface area (TPSA) is 21.3 Å². The van der Waals surface area contributed by atoms with Gasteiger partial charge in [0, 0.05) is 27.1 Å². The molecule has 1 unspecified atom stereocenters. The van der Waals surface area contributed by atoms with Gasteiger partial charge < -0.3 is 10.1 Å². The molecule has 2 nitrogen and oxygen atoms in total. The second-order valence-electron chi connectivity index (χ2n) is 5.42. The lowest BCUT2D eigenvalue weighted by Crippen LogP contribution is -2.40. The third-order valence-corrected chi connectivity index (χ3v) is 5.39. The zero-order valence-corrected chi connectivity index (χ0v) is 13.6. The number of methoxy groups -OCH3 is 1. The normalized spacial score (nSPS) is 21.0. The molecule has 1 aromatic carbocycles. The lowest BCUT2D eigenvalue weighted by atomic mass is 9.90. The summed E-state index contributed by atoms with van der Waals surface area (Å²) in [5, 5.41) is 4.49.